The van der Waals surface area contributed by atoms with E-state index in [1.807, 2.05) is 44.2 Å². The van der Waals surface area contributed by atoms with Gasteiger partial charge in [-0.05, 0) is 41.7 Å². The molecule has 0 radical (unpaired) electrons. The van der Waals surface area contributed by atoms with Crippen molar-refractivity contribution in [3.8, 4) is 0 Å². The summed E-state index contributed by atoms with van der Waals surface area (Å²) >= 11 is 0. The molecule has 6 nitrogen and oxygen atoms in total. The first-order valence-corrected chi connectivity index (χ1v) is 9.64. The Hall–Kier alpha value is -2.57. The SMILES string of the molecule is CC(C)C[C@H](N[C@@H]1CCOCC1=O)C(=O)NC(=O)c1ccc2ccccc2c1. The molecule has 0 aliphatic carbocycles. The lowest BCUT2D eigenvalue weighted by molar-refractivity contribution is -0.131. The number of imide groups is 1. The first kappa shape index (κ1) is 20.2. The number of amides is 2. The summed E-state index contributed by atoms with van der Waals surface area (Å²) in [7, 11) is 0. The van der Waals surface area contributed by atoms with Crippen molar-refractivity contribution in [1.82, 2.24) is 10.6 Å². The largest absolute Gasteiger partial charge is 0.374 e. The number of hydrogen-bond donors (Lipinski definition) is 2. The molecule has 0 bridgehead atoms. The van der Waals surface area contributed by atoms with E-state index < -0.39 is 23.9 Å². The number of carbonyl (C=O) groups is 3. The molecular formula is C22H26N2O4. The van der Waals surface area contributed by atoms with E-state index in [-0.39, 0.29) is 18.3 Å². The van der Waals surface area contributed by atoms with Crippen LogP contribution in [0, 0.1) is 5.92 Å². The van der Waals surface area contributed by atoms with Crippen LogP contribution >= 0.6 is 0 Å². The normalized spacial score (nSPS) is 18.2. The highest BCUT2D eigenvalue weighted by Gasteiger charge is 2.29. The number of nitrogens with one attached hydrogen (secondary N) is 2. The van der Waals surface area contributed by atoms with Crippen LogP contribution in [-0.4, -0.2) is 42.9 Å². The Morgan fingerprint density at radius 2 is 1.89 bits per heavy atom. The first-order valence-electron chi connectivity index (χ1n) is 9.64. The first-order chi connectivity index (χ1) is 13.4. The molecule has 2 aromatic rings. The summed E-state index contributed by atoms with van der Waals surface area (Å²) in [6.45, 7) is 4.54. The molecule has 0 aromatic heterocycles. The van der Waals surface area contributed by atoms with Gasteiger partial charge in [0.25, 0.3) is 5.91 Å². The fourth-order valence-electron chi connectivity index (χ4n) is 3.38. The zero-order valence-corrected chi connectivity index (χ0v) is 16.2. The minimum atomic E-state index is -0.614. The summed E-state index contributed by atoms with van der Waals surface area (Å²) in [4.78, 5) is 37.4. The second-order valence-electron chi connectivity index (χ2n) is 7.59. The number of rotatable bonds is 6. The molecule has 0 saturated carbocycles. The van der Waals surface area contributed by atoms with Crippen LogP contribution < -0.4 is 10.6 Å². The highest BCUT2D eigenvalue weighted by Crippen LogP contribution is 2.16. The summed E-state index contributed by atoms with van der Waals surface area (Å²) in [5.41, 5.74) is 0.428. The number of benzene rings is 2. The van der Waals surface area contributed by atoms with E-state index >= 15 is 0 Å². The molecule has 1 fully saturated rings. The fraction of sp³-hybridized carbons (Fsp3) is 0.409. The van der Waals surface area contributed by atoms with Crippen molar-refractivity contribution in [3.05, 3.63) is 48.0 Å². The summed E-state index contributed by atoms with van der Waals surface area (Å²) in [6.07, 6.45) is 1.06. The van der Waals surface area contributed by atoms with Gasteiger partial charge in [0.15, 0.2) is 5.78 Å². The Kier molecular flexibility index (Phi) is 6.54. The van der Waals surface area contributed by atoms with Gasteiger partial charge in [-0.15, -0.1) is 0 Å². The number of ether oxygens (including phenoxy) is 1. The van der Waals surface area contributed by atoms with Gasteiger partial charge in [0.05, 0.1) is 12.1 Å². The molecule has 2 aromatic carbocycles. The molecule has 1 aliphatic rings. The van der Waals surface area contributed by atoms with Gasteiger partial charge < -0.3 is 4.74 Å². The second kappa shape index (κ2) is 9.08. The number of carbonyl (C=O) groups excluding carboxylic acids is 3. The summed E-state index contributed by atoms with van der Waals surface area (Å²) < 4.78 is 5.15. The summed E-state index contributed by atoms with van der Waals surface area (Å²) in [5, 5.41) is 7.58. The zero-order chi connectivity index (χ0) is 20.1. The van der Waals surface area contributed by atoms with Crippen LogP contribution in [0.5, 0.6) is 0 Å². The van der Waals surface area contributed by atoms with Crippen LogP contribution in [0.1, 0.15) is 37.0 Å². The Balaban J connectivity index is 1.70. The molecule has 2 N–H and O–H groups in total. The Bertz CT molecular complexity index is 878. The molecule has 2 amide bonds. The van der Waals surface area contributed by atoms with E-state index in [0.29, 0.717) is 25.0 Å². The maximum absolute atomic E-state index is 12.8. The van der Waals surface area contributed by atoms with Gasteiger partial charge >= 0.3 is 0 Å². The third kappa shape index (κ3) is 5.03. The van der Waals surface area contributed by atoms with Gasteiger partial charge in [-0.3, -0.25) is 25.0 Å². The van der Waals surface area contributed by atoms with Crippen LogP contribution in [0.3, 0.4) is 0 Å². The highest BCUT2D eigenvalue weighted by atomic mass is 16.5. The van der Waals surface area contributed by atoms with Crippen molar-refractivity contribution in [2.24, 2.45) is 5.92 Å². The maximum atomic E-state index is 12.8. The number of fused-ring (bicyclic) bond motifs is 1. The van der Waals surface area contributed by atoms with Crippen molar-refractivity contribution in [2.45, 2.75) is 38.8 Å². The van der Waals surface area contributed by atoms with Gasteiger partial charge in [0.1, 0.15) is 6.61 Å². The van der Waals surface area contributed by atoms with Crippen LogP contribution in [0.25, 0.3) is 10.8 Å². The van der Waals surface area contributed by atoms with Crippen LogP contribution in [-0.2, 0) is 14.3 Å². The van der Waals surface area contributed by atoms with E-state index in [0.717, 1.165) is 10.8 Å². The summed E-state index contributed by atoms with van der Waals surface area (Å²) in [5.74, 6) is -0.682. The van der Waals surface area contributed by atoms with Crippen molar-refractivity contribution in [2.75, 3.05) is 13.2 Å². The van der Waals surface area contributed by atoms with Gasteiger partial charge in [0, 0.05) is 12.2 Å². The average molecular weight is 382 g/mol. The van der Waals surface area contributed by atoms with Gasteiger partial charge in [-0.1, -0.05) is 44.2 Å². The highest BCUT2D eigenvalue weighted by molar-refractivity contribution is 6.07. The van der Waals surface area contributed by atoms with Crippen LogP contribution in [0.15, 0.2) is 42.5 Å². The summed E-state index contributed by atoms with van der Waals surface area (Å²) in [6, 6.07) is 12.0. The number of hydrogen-bond acceptors (Lipinski definition) is 5. The molecule has 1 heterocycles. The smallest absolute Gasteiger partial charge is 0.257 e. The van der Waals surface area contributed by atoms with Crippen molar-refractivity contribution in [1.29, 1.82) is 0 Å². The molecule has 1 aliphatic heterocycles. The second-order valence-corrected chi connectivity index (χ2v) is 7.59. The quantitative estimate of drug-likeness (QED) is 0.802. The minimum absolute atomic E-state index is 0.0592. The van der Waals surface area contributed by atoms with E-state index in [4.69, 9.17) is 4.74 Å². The molecule has 6 heteroatoms. The topological polar surface area (TPSA) is 84.5 Å². The number of Topliss-reactive ketones (excluding diaryl/α,β-unsaturated/α-hetero) is 1. The van der Waals surface area contributed by atoms with Crippen molar-refractivity contribution < 1.29 is 19.1 Å². The molecule has 0 spiro atoms. The molecule has 28 heavy (non-hydrogen) atoms. The van der Waals surface area contributed by atoms with Crippen molar-refractivity contribution >= 4 is 28.4 Å². The Morgan fingerprint density at radius 1 is 1.14 bits per heavy atom. The fourth-order valence-corrected chi connectivity index (χ4v) is 3.38. The predicted octanol–water partition coefficient (Wildman–Crippen LogP) is 2.46. The lowest BCUT2D eigenvalue weighted by Crippen LogP contribution is -2.54. The monoisotopic (exact) mass is 382 g/mol. The van der Waals surface area contributed by atoms with E-state index in [1.54, 1.807) is 12.1 Å². The van der Waals surface area contributed by atoms with Gasteiger partial charge in [-0.25, -0.2) is 0 Å². The van der Waals surface area contributed by atoms with Gasteiger partial charge in [0.2, 0.25) is 5.91 Å². The Labute approximate surface area is 164 Å². The van der Waals surface area contributed by atoms with Crippen LogP contribution in [0.4, 0.5) is 0 Å². The van der Waals surface area contributed by atoms with E-state index in [1.165, 1.54) is 0 Å². The molecule has 3 rings (SSSR count). The third-order valence-electron chi connectivity index (χ3n) is 4.86. The molecule has 0 unspecified atom stereocenters. The zero-order valence-electron chi connectivity index (χ0n) is 16.2. The van der Waals surface area contributed by atoms with Crippen LogP contribution in [0.2, 0.25) is 0 Å². The lowest BCUT2D eigenvalue weighted by atomic mass is 9.99. The maximum Gasteiger partial charge on any atom is 0.257 e. The number of ketones is 1. The average Bonchev–Trinajstić information content (AvgIpc) is 2.68. The molecular weight excluding hydrogens is 356 g/mol. The van der Waals surface area contributed by atoms with Crippen molar-refractivity contribution in [3.63, 3.8) is 0 Å². The van der Waals surface area contributed by atoms with E-state index in [9.17, 15) is 14.4 Å². The minimum Gasteiger partial charge on any atom is -0.374 e. The van der Waals surface area contributed by atoms with Gasteiger partial charge in [-0.2, -0.15) is 0 Å². The molecule has 2 atom stereocenters. The standard InChI is InChI=1S/C22H26N2O4/c1-14(2)11-19(23-18-9-10-28-13-20(18)25)22(27)24-21(26)17-8-7-15-5-3-4-6-16(15)12-17/h3-8,12,14,18-19,23H,9-11,13H2,1-2H3,(H,24,26,27)/t18-,19+/m1/s1. The third-order valence-corrected chi connectivity index (χ3v) is 4.86. The lowest BCUT2D eigenvalue weighted by Gasteiger charge is -2.27. The van der Waals surface area contributed by atoms with E-state index in [2.05, 4.69) is 10.6 Å². The molecule has 148 valence electrons. The molecule has 1 saturated heterocycles. The Morgan fingerprint density at radius 3 is 2.61 bits per heavy atom. The predicted molar refractivity (Wildman–Crippen MR) is 107 cm³/mol.